The summed E-state index contributed by atoms with van der Waals surface area (Å²) >= 11 is 0. The molecule has 0 radical (unpaired) electrons. The van der Waals surface area contributed by atoms with E-state index in [-0.39, 0.29) is 11.9 Å². The average Bonchev–Trinajstić information content (AvgIpc) is 2.69. The molecule has 1 aromatic rings. The van der Waals surface area contributed by atoms with E-state index in [2.05, 4.69) is 4.99 Å². The van der Waals surface area contributed by atoms with Crippen LogP contribution in [0.3, 0.4) is 0 Å². The normalized spacial score (nSPS) is 19.6. The van der Waals surface area contributed by atoms with Gasteiger partial charge in [-0.2, -0.15) is 0 Å². The van der Waals surface area contributed by atoms with E-state index in [4.69, 9.17) is 4.74 Å². The molecule has 0 saturated carbocycles. The van der Waals surface area contributed by atoms with Gasteiger partial charge in [0.25, 0.3) is 0 Å². The third-order valence-corrected chi connectivity index (χ3v) is 2.34. The van der Waals surface area contributed by atoms with Crippen LogP contribution < -0.4 is 0 Å². The molecule has 0 aliphatic carbocycles. The standard InChI is InChI=1S/C11H12FNO/c12-11-4-2-1-3-9(11)5-6-10-7-14-8-13-10/h1-4,8,10H,5-7H2. The van der Waals surface area contributed by atoms with E-state index >= 15 is 0 Å². The van der Waals surface area contributed by atoms with E-state index in [1.54, 1.807) is 6.07 Å². The molecule has 1 heterocycles. The van der Waals surface area contributed by atoms with Crippen LogP contribution in [0.5, 0.6) is 0 Å². The van der Waals surface area contributed by atoms with Crippen molar-refractivity contribution in [3.63, 3.8) is 0 Å². The highest BCUT2D eigenvalue weighted by Crippen LogP contribution is 2.13. The van der Waals surface area contributed by atoms with Crippen LogP contribution in [0, 0.1) is 5.82 Å². The summed E-state index contributed by atoms with van der Waals surface area (Å²) in [7, 11) is 0. The third kappa shape index (κ3) is 2.10. The highest BCUT2D eigenvalue weighted by molar-refractivity contribution is 5.48. The predicted octanol–water partition coefficient (Wildman–Crippen LogP) is 2.19. The molecule has 0 amide bonds. The SMILES string of the molecule is Fc1ccccc1CCC1COC=N1. The van der Waals surface area contributed by atoms with Gasteiger partial charge in [-0.1, -0.05) is 18.2 Å². The first-order valence-corrected chi connectivity index (χ1v) is 4.73. The van der Waals surface area contributed by atoms with Gasteiger partial charge < -0.3 is 4.74 Å². The van der Waals surface area contributed by atoms with Gasteiger partial charge in [-0.3, -0.25) is 4.99 Å². The molecular weight excluding hydrogens is 181 g/mol. The van der Waals surface area contributed by atoms with Gasteiger partial charge in [-0.25, -0.2) is 4.39 Å². The van der Waals surface area contributed by atoms with Gasteiger partial charge in [-0.15, -0.1) is 0 Å². The monoisotopic (exact) mass is 193 g/mol. The van der Waals surface area contributed by atoms with Crippen LogP contribution in [0.15, 0.2) is 29.3 Å². The number of ether oxygens (including phenoxy) is 1. The van der Waals surface area contributed by atoms with Crippen molar-refractivity contribution in [1.82, 2.24) is 0 Å². The Balaban J connectivity index is 1.91. The number of hydrogen-bond acceptors (Lipinski definition) is 2. The number of rotatable bonds is 3. The van der Waals surface area contributed by atoms with Crippen LogP contribution >= 0.6 is 0 Å². The van der Waals surface area contributed by atoms with Crippen molar-refractivity contribution in [2.45, 2.75) is 18.9 Å². The number of benzene rings is 1. The van der Waals surface area contributed by atoms with Crippen LogP contribution in [-0.4, -0.2) is 19.0 Å². The van der Waals surface area contributed by atoms with Gasteiger partial charge in [0.05, 0.1) is 6.04 Å². The molecule has 0 fully saturated rings. The quantitative estimate of drug-likeness (QED) is 0.721. The summed E-state index contributed by atoms with van der Waals surface area (Å²) in [6.07, 6.45) is 3.04. The molecule has 0 spiro atoms. The Bertz CT molecular complexity index is 338. The lowest BCUT2D eigenvalue weighted by molar-refractivity contribution is 0.321. The Hall–Kier alpha value is -1.38. The van der Waals surface area contributed by atoms with E-state index < -0.39 is 0 Å². The molecule has 0 bridgehead atoms. The Morgan fingerprint density at radius 1 is 1.43 bits per heavy atom. The molecule has 0 saturated heterocycles. The van der Waals surface area contributed by atoms with Crippen molar-refractivity contribution in [2.24, 2.45) is 4.99 Å². The van der Waals surface area contributed by atoms with Gasteiger partial charge in [0, 0.05) is 0 Å². The topological polar surface area (TPSA) is 21.6 Å². The zero-order valence-corrected chi connectivity index (χ0v) is 7.82. The number of nitrogens with zero attached hydrogens (tertiary/aromatic N) is 1. The molecule has 1 atom stereocenters. The summed E-state index contributed by atoms with van der Waals surface area (Å²) in [6.45, 7) is 0.633. The van der Waals surface area contributed by atoms with Crippen molar-refractivity contribution in [1.29, 1.82) is 0 Å². The molecule has 2 rings (SSSR count). The molecule has 74 valence electrons. The first-order chi connectivity index (χ1) is 6.86. The fraction of sp³-hybridized carbons (Fsp3) is 0.364. The van der Waals surface area contributed by atoms with E-state index in [0.29, 0.717) is 6.61 Å². The lowest BCUT2D eigenvalue weighted by Gasteiger charge is -2.05. The zero-order chi connectivity index (χ0) is 9.80. The average molecular weight is 193 g/mol. The summed E-state index contributed by atoms with van der Waals surface area (Å²) in [4.78, 5) is 4.11. The largest absolute Gasteiger partial charge is 0.481 e. The van der Waals surface area contributed by atoms with Crippen LogP contribution in [0.1, 0.15) is 12.0 Å². The summed E-state index contributed by atoms with van der Waals surface area (Å²) in [5.41, 5.74) is 0.759. The zero-order valence-electron chi connectivity index (χ0n) is 7.82. The van der Waals surface area contributed by atoms with Gasteiger partial charge in [0.1, 0.15) is 12.4 Å². The van der Waals surface area contributed by atoms with Crippen molar-refractivity contribution in [3.8, 4) is 0 Å². The Kier molecular flexibility index (Phi) is 2.77. The molecule has 3 heteroatoms. The van der Waals surface area contributed by atoms with E-state index in [1.807, 2.05) is 12.1 Å². The van der Waals surface area contributed by atoms with Gasteiger partial charge in [0.15, 0.2) is 6.40 Å². The minimum atomic E-state index is -0.129. The fourth-order valence-corrected chi connectivity index (χ4v) is 1.51. The smallest absolute Gasteiger partial charge is 0.169 e. The lowest BCUT2D eigenvalue weighted by atomic mass is 10.1. The lowest BCUT2D eigenvalue weighted by Crippen LogP contribution is -2.08. The molecule has 14 heavy (non-hydrogen) atoms. The maximum atomic E-state index is 13.2. The summed E-state index contributed by atoms with van der Waals surface area (Å²) in [5, 5.41) is 0. The molecule has 0 N–H and O–H groups in total. The molecule has 2 nitrogen and oxygen atoms in total. The predicted molar refractivity (Wildman–Crippen MR) is 53.0 cm³/mol. The number of aryl methyl sites for hydroxylation is 1. The Morgan fingerprint density at radius 2 is 2.29 bits per heavy atom. The van der Waals surface area contributed by atoms with E-state index in [0.717, 1.165) is 18.4 Å². The van der Waals surface area contributed by atoms with E-state index in [1.165, 1.54) is 12.5 Å². The van der Waals surface area contributed by atoms with Crippen LogP contribution in [0.4, 0.5) is 4.39 Å². The second kappa shape index (κ2) is 4.22. The first-order valence-electron chi connectivity index (χ1n) is 4.73. The maximum absolute atomic E-state index is 13.2. The summed E-state index contributed by atoms with van der Waals surface area (Å²) in [6, 6.07) is 7.07. The molecular formula is C11H12FNO. The summed E-state index contributed by atoms with van der Waals surface area (Å²) < 4.78 is 18.2. The molecule has 1 aliphatic heterocycles. The highest BCUT2D eigenvalue weighted by atomic mass is 19.1. The maximum Gasteiger partial charge on any atom is 0.169 e. The molecule has 0 aromatic heterocycles. The molecule has 1 unspecified atom stereocenters. The van der Waals surface area contributed by atoms with Gasteiger partial charge in [-0.05, 0) is 24.5 Å². The van der Waals surface area contributed by atoms with Crippen molar-refractivity contribution in [3.05, 3.63) is 35.6 Å². The minimum Gasteiger partial charge on any atom is -0.481 e. The highest BCUT2D eigenvalue weighted by Gasteiger charge is 2.12. The Labute approximate surface area is 82.4 Å². The Morgan fingerprint density at radius 3 is 3.00 bits per heavy atom. The van der Waals surface area contributed by atoms with Crippen molar-refractivity contribution in [2.75, 3.05) is 6.61 Å². The first kappa shape index (κ1) is 9.19. The van der Waals surface area contributed by atoms with Gasteiger partial charge >= 0.3 is 0 Å². The van der Waals surface area contributed by atoms with Gasteiger partial charge in [0.2, 0.25) is 0 Å². The van der Waals surface area contributed by atoms with E-state index in [9.17, 15) is 4.39 Å². The van der Waals surface area contributed by atoms with Crippen molar-refractivity contribution >= 4 is 6.40 Å². The number of halogens is 1. The number of hydrogen-bond donors (Lipinski definition) is 0. The minimum absolute atomic E-state index is 0.129. The number of aliphatic imine (C=N–C) groups is 1. The second-order valence-corrected chi connectivity index (χ2v) is 3.37. The van der Waals surface area contributed by atoms with Crippen LogP contribution in [-0.2, 0) is 11.2 Å². The van der Waals surface area contributed by atoms with Crippen LogP contribution in [0.2, 0.25) is 0 Å². The van der Waals surface area contributed by atoms with Crippen molar-refractivity contribution < 1.29 is 9.13 Å². The second-order valence-electron chi connectivity index (χ2n) is 3.37. The molecule has 1 aromatic carbocycles. The molecule has 1 aliphatic rings. The summed E-state index contributed by atoms with van der Waals surface area (Å²) in [5.74, 6) is -0.129. The fourth-order valence-electron chi connectivity index (χ4n) is 1.51. The van der Waals surface area contributed by atoms with Crippen LogP contribution in [0.25, 0.3) is 0 Å². The third-order valence-electron chi connectivity index (χ3n) is 2.34.